The number of rotatable bonds is 6. The highest BCUT2D eigenvalue weighted by Gasteiger charge is 2.32. The van der Waals surface area contributed by atoms with Gasteiger partial charge in [-0.15, -0.1) is 0 Å². The van der Waals surface area contributed by atoms with Crippen LogP contribution in [0.3, 0.4) is 0 Å². The van der Waals surface area contributed by atoms with Crippen LogP contribution in [0.1, 0.15) is 28.8 Å². The van der Waals surface area contributed by atoms with Crippen LogP contribution < -0.4 is 4.74 Å². The van der Waals surface area contributed by atoms with Crippen LogP contribution in [-0.4, -0.2) is 35.2 Å². The van der Waals surface area contributed by atoms with E-state index in [1.807, 2.05) is 24.3 Å². The molecule has 1 aliphatic rings. The van der Waals surface area contributed by atoms with E-state index in [0.29, 0.717) is 24.7 Å². The number of aromatic nitrogens is 2. The summed E-state index contributed by atoms with van der Waals surface area (Å²) in [6.07, 6.45) is 0.540. The van der Waals surface area contributed by atoms with Crippen LogP contribution in [0.4, 0.5) is 8.78 Å². The Labute approximate surface area is 155 Å². The summed E-state index contributed by atoms with van der Waals surface area (Å²) >= 11 is 0. The fourth-order valence-electron chi connectivity index (χ4n) is 3.28. The number of benzene rings is 2. The highest BCUT2D eigenvalue weighted by Crippen LogP contribution is 2.28. The minimum atomic E-state index is -0.825. The van der Waals surface area contributed by atoms with Gasteiger partial charge in [-0.25, -0.2) is 8.78 Å². The topological polar surface area (TPSA) is 51.4 Å². The number of halogens is 2. The first-order valence-electron chi connectivity index (χ1n) is 8.73. The summed E-state index contributed by atoms with van der Waals surface area (Å²) in [5, 5.41) is 4.07. The molecular weight excluding hydrogens is 352 g/mol. The Morgan fingerprint density at radius 1 is 1.15 bits per heavy atom. The van der Waals surface area contributed by atoms with Gasteiger partial charge in [0.15, 0.2) is 17.5 Å². The van der Waals surface area contributed by atoms with Crippen molar-refractivity contribution >= 4 is 0 Å². The molecular formula is C20H19F2N3O2. The minimum Gasteiger partial charge on any atom is -0.496 e. The van der Waals surface area contributed by atoms with Crippen molar-refractivity contribution in [3.8, 4) is 5.75 Å². The van der Waals surface area contributed by atoms with Gasteiger partial charge in [-0.1, -0.05) is 29.4 Å². The number of hydrogen-bond donors (Lipinski definition) is 0. The van der Waals surface area contributed by atoms with Crippen LogP contribution in [0.25, 0.3) is 0 Å². The molecule has 27 heavy (non-hydrogen) atoms. The van der Waals surface area contributed by atoms with Gasteiger partial charge in [0.1, 0.15) is 5.75 Å². The molecule has 0 saturated carbocycles. The summed E-state index contributed by atoms with van der Waals surface area (Å²) in [4.78, 5) is 6.63. The second-order valence-corrected chi connectivity index (χ2v) is 6.68. The largest absolute Gasteiger partial charge is 0.496 e. The summed E-state index contributed by atoms with van der Waals surface area (Å²) in [7, 11) is 1.64. The first-order chi connectivity index (χ1) is 13.1. The van der Waals surface area contributed by atoms with Gasteiger partial charge in [-0.2, -0.15) is 4.98 Å². The molecule has 0 aliphatic carbocycles. The molecule has 2 aromatic carbocycles. The van der Waals surface area contributed by atoms with Gasteiger partial charge in [0.05, 0.1) is 13.0 Å². The Morgan fingerprint density at radius 3 is 2.74 bits per heavy atom. The summed E-state index contributed by atoms with van der Waals surface area (Å²) in [5.74, 6) is 0.547. The molecule has 3 aromatic rings. The maximum atomic E-state index is 13.3. The SMILES string of the molecule is COc1ccccc1Cc1noc(C2CN(Cc3ccc(F)c(F)c3)C2)n1. The Hall–Kier alpha value is -2.80. The summed E-state index contributed by atoms with van der Waals surface area (Å²) < 4.78 is 37.0. The molecule has 0 radical (unpaired) electrons. The zero-order chi connectivity index (χ0) is 18.8. The third-order valence-corrected chi connectivity index (χ3v) is 4.72. The molecule has 1 aromatic heterocycles. The second kappa shape index (κ2) is 7.44. The first kappa shape index (κ1) is 17.6. The minimum absolute atomic E-state index is 0.161. The molecule has 2 heterocycles. The van der Waals surface area contributed by atoms with Crippen molar-refractivity contribution in [3.63, 3.8) is 0 Å². The zero-order valence-electron chi connectivity index (χ0n) is 14.9. The van der Waals surface area contributed by atoms with Gasteiger partial charge in [0, 0.05) is 31.6 Å². The summed E-state index contributed by atoms with van der Waals surface area (Å²) in [6, 6.07) is 11.7. The summed E-state index contributed by atoms with van der Waals surface area (Å²) in [6.45, 7) is 2.06. The molecule has 0 N–H and O–H groups in total. The van der Waals surface area contributed by atoms with Crippen molar-refractivity contribution < 1.29 is 18.0 Å². The monoisotopic (exact) mass is 371 g/mol. The molecule has 140 valence electrons. The molecule has 0 unspecified atom stereocenters. The molecule has 1 aliphatic heterocycles. The number of methoxy groups -OCH3 is 1. The van der Waals surface area contributed by atoms with Crippen molar-refractivity contribution in [3.05, 3.63) is 76.9 Å². The third kappa shape index (κ3) is 3.83. The Balaban J connectivity index is 1.34. The highest BCUT2D eigenvalue weighted by molar-refractivity contribution is 5.35. The molecule has 5 nitrogen and oxygen atoms in total. The lowest BCUT2D eigenvalue weighted by Gasteiger charge is -2.37. The van der Waals surface area contributed by atoms with Crippen LogP contribution in [0.2, 0.25) is 0 Å². The van der Waals surface area contributed by atoms with E-state index in [2.05, 4.69) is 15.0 Å². The van der Waals surface area contributed by atoms with Gasteiger partial charge in [0.2, 0.25) is 5.89 Å². The normalized spacial score (nSPS) is 14.9. The Bertz CT molecular complexity index is 938. The average Bonchev–Trinajstić information content (AvgIpc) is 3.09. The lowest BCUT2D eigenvalue weighted by molar-refractivity contribution is 0.117. The Morgan fingerprint density at radius 2 is 1.96 bits per heavy atom. The van der Waals surface area contributed by atoms with E-state index in [1.54, 1.807) is 13.2 Å². The molecule has 0 atom stereocenters. The lowest BCUT2D eigenvalue weighted by Crippen LogP contribution is -2.44. The molecule has 1 saturated heterocycles. The van der Waals surface area contributed by atoms with Crippen LogP contribution in [0, 0.1) is 11.6 Å². The van der Waals surface area contributed by atoms with Crippen molar-refractivity contribution in [1.82, 2.24) is 15.0 Å². The molecule has 4 rings (SSSR count). The van der Waals surface area contributed by atoms with Gasteiger partial charge in [0.25, 0.3) is 0 Å². The fraction of sp³-hybridized carbons (Fsp3) is 0.300. The van der Waals surface area contributed by atoms with E-state index < -0.39 is 11.6 Å². The molecule has 7 heteroatoms. The first-order valence-corrected chi connectivity index (χ1v) is 8.73. The third-order valence-electron chi connectivity index (χ3n) is 4.72. The number of likely N-dealkylation sites (tertiary alicyclic amines) is 1. The van der Waals surface area contributed by atoms with Crippen LogP contribution >= 0.6 is 0 Å². The number of para-hydroxylation sites is 1. The smallest absolute Gasteiger partial charge is 0.232 e. The zero-order valence-corrected chi connectivity index (χ0v) is 14.9. The van der Waals surface area contributed by atoms with Crippen molar-refractivity contribution in [1.29, 1.82) is 0 Å². The van der Waals surface area contributed by atoms with Gasteiger partial charge < -0.3 is 9.26 Å². The maximum absolute atomic E-state index is 13.3. The van der Waals surface area contributed by atoms with E-state index >= 15 is 0 Å². The highest BCUT2D eigenvalue weighted by atomic mass is 19.2. The predicted molar refractivity (Wildman–Crippen MR) is 94.5 cm³/mol. The van der Waals surface area contributed by atoms with Crippen LogP contribution in [0.5, 0.6) is 5.75 Å². The van der Waals surface area contributed by atoms with E-state index in [0.717, 1.165) is 36.0 Å². The second-order valence-electron chi connectivity index (χ2n) is 6.68. The number of nitrogens with zero attached hydrogens (tertiary/aromatic N) is 3. The number of ether oxygens (including phenoxy) is 1. The van der Waals surface area contributed by atoms with E-state index in [-0.39, 0.29) is 5.92 Å². The van der Waals surface area contributed by atoms with Crippen molar-refractivity contribution in [2.24, 2.45) is 0 Å². The lowest BCUT2D eigenvalue weighted by atomic mass is 9.99. The van der Waals surface area contributed by atoms with E-state index in [1.165, 1.54) is 6.07 Å². The number of hydrogen-bond acceptors (Lipinski definition) is 5. The predicted octanol–water partition coefficient (Wildman–Crippen LogP) is 3.55. The molecule has 0 bridgehead atoms. The van der Waals surface area contributed by atoms with Crippen molar-refractivity contribution in [2.45, 2.75) is 18.9 Å². The van der Waals surface area contributed by atoms with E-state index in [4.69, 9.17) is 9.26 Å². The van der Waals surface area contributed by atoms with Crippen LogP contribution in [0.15, 0.2) is 47.0 Å². The van der Waals surface area contributed by atoms with Gasteiger partial charge in [-0.3, -0.25) is 4.90 Å². The van der Waals surface area contributed by atoms with E-state index in [9.17, 15) is 8.78 Å². The Kier molecular flexibility index (Phi) is 4.85. The summed E-state index contributed by atoms with van der Waals surface area (Å²) in [5.41, 5.74) is 1.75. The molecule has 1 fully saturated rings. The molecule has 0 spiro atoms. The maximum Gasteiger partial charge on any atom is 0.232 e. The quantitative estimate of drug-likeness (QED) is 0.663. The van der Waals surface area contributed by atoms with Crippen LogP contribution in [-0.2, 0) is 13.0 Å². The fourth-order valence-corrected chi connectivity index (χ4v) is 3.28. The van der Waals surface area contributed by atoms with Gasteiger partial charge in [-0.05, 0) is 23.8 Å². The molecule has 0 amide bonds. The van der Waals surface area contributed by atoms with Gasteiger partial charge >= 0.3 is 0 Å². The van der Waals surface area contributed by atoms with Crippen molar-refractivity contribution in [2.75, 3.05) is 20.2 Å². The average molecular weight is 371 g/mol. The standard InChI is InChI=1S/C20H19F2N3O2/c1-26-18-5-3-2-4-14(18)9-19-23-20(27-24-19)15-11-25(12-15)10-13-6-7-16(21)17(22)8-13/h2-8,15H,9-12H2,1H3.